The fourth-order valence-corrected chi connectivity index (χ4v) is 6.05. The van der Waals surface area contributed by atoms with Crippen molar-refractivity contribution in [2.75, 3.05) is 6.61 Å². The van der Waals surface area contributed by atoms with E-state index in [1.165, 1.54) is 38.5 Å². The minimum absolute atomic E-state index is 0.271. The molecule has 6 heteroatoms. The smallest absolute Gasteiger partial charge is 0.119 e. The molecule has 0 amide bonds. The molecule has 2 aliphatic carbocycles. The maximum atomic E-state index is 10.2. The van der Waals surface area contributed by atoms with Gasteiger partial charge in [0.25, 0.3) is 0 Å². The molecule has 1 aliphatic heterocycles. The van der Waals surface area contributed by atoms with Crippen LogP contribution in [0.5, 0.6) is 5.75 Å². The van der Waals surface area contributed by atoms with E-state index in [9.17, 15) is 15.3 Å². The summed E-state index contributed by atoms with van der Waals surface area (Å²) in [6, 6.07) is 14.0. The minimum Gasteiger partial charge on any atom is -0.490 e. The van der Waals surface area contributed by atoms with Crippen molar-refractivity contribution >= 4 is 11.6 Å². The number of aliphatic hydroxyl groups excluding tert-OH is 3. The second kappa shape index (κ2) is 9.55. The standard InChI is InChI=1S/C27H33ClO5/c28-22-8-5-18(24-13-23(30)26(31)25(16-29)33-24)12-19(22)11-17-3-6-20(7-4-17)32-21-14-27(15-21)9-1-2-10-27/h3-8,12,21,23-26,29-31H,1-2,9-11,13-16H2/t23-,24?,25-,26+/m1/s1. The fraction of sp³-hybridized carbons (Fsp3) is 0.556. The van der Waals surface area contributed by atoms with Crippen molar-refractivity contribution in [3.63, 3.8) is 0 Å². The van der Waals surface area contributed by atoms with E-state index in [0.717, 1.165) is 22.4 Å². The SMILES string of the molecule is OC[C@H]1OC(c2ccc(Cl)c(Cc3ccc(OC4CC5(CCCC5)C4)cc3)c2)C[C@@H](O)[C@@H]1O. The van der Waals surface area contributed by atoms with E-state index in [-0.39, 0.29) is 13.0 Å². The van der Waals surface area contributed by atoms with Gasteiger partial charge in [-0.05, 0) is 72.4 Å². The largest absolute Gasteiger partial charge is 0.490 e. The van der Waals surface area contributed by atoms with E-state index in [0.29, 0.717) is 23.0 Å². The first-order valence-corrected chi connectivity index (χ1v) is 12.5. The van der Waals surface area contributed by atoms with E-state index >= 15 is 0 Å². The predicted octanol–water partition coefficient (Wildman–Crippen LogP) is 4.58. The summed E-state index contributed by atoms with van der Waals surface area (Å²) in [5, 5.41) is 30.3. The summed E-state index contributed by atoms with van der Waals surface area (Å²) in [7, 11) is 0. The summed E-state index contributed by atoms with van der Waals surface area (Å²) in [5.41, 5.74) is 3.56. The van der Waals surface area contributed by atoms with Gasteiger partial charge in [-0.25, -0.2) is 0 Å². The number of hydrogen-bond donors (Lipinski definition) is 3. The predicted molar refractivity (Wildman–Crippen MR) is 127 cm³/mol. The molecule has 3 N–H and O–H groups in total. The molecule has 33 heavy (non-hydrogen) atoms. The van der Waals surface area contributed by atoms with Crippen molar-refractivity contribution in [2.45, 2.75) is 81.9 Å². The van der Waals surface area contributed by atoms with Crippen LogP contribution in [0.2, 0.25) is 5.02 Å². The molecule has 1 saturated heterocycles. The van der Waals surface area contributed by atoms with Crippen molar-refractivity contribution in [1.29, 1.82) is 0 Å². The molecule has 0 bridgehead atoms. The number of rotatable bonds is 6. The molecule has 1 unspecified atom stereocenters. The Morgan fingerprint density at radius 3 is 2.45 bits per heavy atom. The Labute approximate surface area is 200 Å². The van der Waals surface area contributed by atoms with Crippen LogP contribution in [0.25, 0.3) is 0 Å². The van der Waals surface area contributed by atoms with Crippen LogP contribution in [-0.2, 0) is 11.2 Å². The lowest BCUT2D eigenvalue weighted by Gasteiger charge is -2.45. The topological polar surface area (TPSA) is 79.2 Å². The molecule has 4 atom stereocenters. The second-order valence-corrected chi connectivity index (χ2v) is 10.6. The van der Waals surface area contributed by atoms with Crippen LogP contribution in [0, 0.1) is 5.41 Å². The third kappa shape index (κ3) is 4.94. The Kier molecular flexibility index (Phi) is 6.69. The number of benzene rings is 2. The lowest BCUT2D eigenvalue weighted by atomic mass is 9.65. The highest BCUT2D eigenvalue weighted by atomic mass is 35.5. The normalized spacial score (nSPS) is 29.2. The molecule has 1 heterocycles. The summed E-state index contributed by atoms with van der Waals surface area (Å²) in [6.45, 7) is -0.342. The molecule has 0 aromatic heterocycles. The van der Waals surface area contributed by atoms with Gasteiger partial charge in [0.2, 0.25) is 0 Å². The molecular formula is C27H33ClO5. The summed E-state index contributed by atoms with van der Waals surface area (Å²) in [6.07, 6.45) is 5.96. The maximum absolute atomic E-state index is 10.2. The Hall–Kier alpha value is -1.63. The first-order valence-electron chi connectivity index (χ1n) is 12.1. The Bertz CT molecular complexity index is 947. The van der Waals surface area contributed by atoms with Crippen LogP contribution >= 0.6 is 11.6 Å². The number of halogens is 1. The molecule has 0 radical (unpaired) electrons. The van der Waals surface area contributed by atoms with Gasteiger partial charge in [0.05, 0.1) is 24.9 Å². The van der Waals surface area contributed by atoms with Crippen LogP contribution in [-0.4, -0.2) is 46.3 Å². The van der Waals surface area contributed by atoms with Gasteiger partial charge in [0.1, 0.15) is 18.0 Å². The van der Waals surface area contributed by atoms with Gasteiger partial charge in [0, 0.05) is 11.4 Å². The molecule has 178 valence electrons. The molecule has 1 spiro atoms. The molecule has 3 aliphatic rings. The van der Waals surface area contributed by atoms with E-state index in [1.807, 2.05) is 30.3 Å². The number of ether oxygens (including phenoxy) is 2. The Morgan fingerprint density at radius 2 is 1.76 bits per heavy atom. The monoisotopic (exact) mass is 472 g/mol. The van der Waals surface area contributed by atoms with Crippen molar-refractivity contribution < 1.29 is 24.8 Å². The molecular weight excluding hydrogens is 440 g/mol. The summed E-state index contributed by atoms with van der Waals surface area (Å²) in [4.78, 5) is 0. The summed E-state index contributed by atoms with van der Waals surface area (Å²) in [5.74, 6) is 0.926. The number of hydrogen-bond acceptors (Lipinski definition) is 5. The van der Waals surface area contributed by atoms with Crippen molar-refractivity contribution in [2.24, 2.45) is 5.41 Å². The van der Waals surface area contributed by atoms with Crippen LogP contribution in [0.1, 0.15) is 67.7 Å². The van der Waals surface area contributed by atoms with Crippen LogP contribution < -0.4 is 4.74 Å². The van der Waals surface area contributed by atoms with E-state index in [1.54, 1.807) is 0 Å². The van der Waals surface area contributed by atoms with Gasteiger partial charge in [-0.3, -0.25) is 0 Å². The van der Waals surface area contributed by atoms with Gasteiger partial charge in [-0.15, -0.1) is 0 Å². The third-order valence-corrected chi connectivity index (χ3v) is 8.17. The molecule has 3 fully saturated rings. The highest BCUT2D eigenvalue weighted by Crippen LogP contribution is 2.54. The van der Waals surface area contributed by atoms with Crippen LogP contribution in [0.3, 0.4) is 0 Å². The van der Waals surface area contributed by atoms with Gasteiger partial charge in [-0.1, -0.05) is 48.7 Å². The first-order chi connectivity index (χ1) is 15.9. The van der Waals surface area contributed by atoms with Gasteiger partial charge >= 0.3 is 0 Å². The Morgan fingerprint density at radius 1 is 1.03 bits per heavy atom. The van der Waals surface area contributed by atoms with Crippen LogP contribution in [0.15, 0.2) is 42.5 Å². The third-order valence-electron chi connectivity index (χ3n) is 7.80. The van der Waals surface area contributed by atoms with Gasteiger partial charge in [-0.2, -0.15) is 0 Å². The highest BCUT2D eigenvalue weighted by molar-refractivity contribution is 6.31. The second-order valence-electron chi connectivity index (χ2n) is 10.2. The fourth-order valence-electron chi connectivity index (χ4n) is 5.87. The van der Waals surface area contributed by atoms with E-state index < -0.39 is 24.4 Å². The van der Waals surface area contributed by atoms with E-state index in [4.69, 9.17) is 21.1 Å². The Balaban J connectivity index is 1.22. The maximum Gasteiger partial charge on any atom is 0.119 e. The zero-order valence-electron chi connectivity index (χ0n) is 18.8. The summed E-state index contributed by atoms with van der Waals surface area (Å²) >= 11 is 6.48. The molecule has 5 nitrogen and oxygen atoms in total. The lowest BCUT2D eigenvalue weighted by molar-refractivity contribution is -0.181. The highest BCUT2D eigenvalue weighted by Gasteiger charge is 2.46. The molecule has 2 saturated carbocycles. The molecule has 5 rings (SSSR count). The van der Waals surface area contributed by atoms with Crippen molar-refractivity contribution in [3.8, 4) is 5.75 Å². The zero-order chi connectivity index (χ0) is 23.0. The molecule has 2 aromatic carbocycles. The molecule has 2 aromatic rings. The average molecular weight is 473 g/mol. The van der Waals surface area contributed by atoms with Crippen molar-refractivity contribution in [3.05, 3.63) is 64.2 Å². The van der Waals surface area contributed by atoms with Gasteiger partial charge in [0.15, 0.2) is 0 Å². The lowest BCUT2D eigenvalue weighted by Crippen LogP contribution is -2.47. The van der Waals surface area contributed by atoms with Crippen molar-refractivity contribution in [1.82, 2.24) is 0 Å². The summed E-state index contributed by atoms with van der Waals surface area (Å²) < 4.78 is 12.0. The zero-order valence-corrected chi connectivity index (χ0v) is 19.6. The van der Waals surface area contributed by atoms with Crippen LogP contribution in [0.4, 0.5) is 0 Å². The first kappa shape index (κ1) is 23.1. The average Bonchev–Trinajstić information content (AvgIpc) is 3.28. The van der Waals surface area contributed by atoms with Gasteiger partial charge < -0.3 is 24.8 Å². The minimum atomic E-state index is -1.08. The van der Waals surface area contributed by atoms with E-state index in [2.05, 4.69) is 12.1 Å². The quantitative estimate of drug-likeness (QED) is 0.573. The number of aliphatic hydroxyl groups is 3.